The number of rotatable bonds is 2. The van der Waals surface area contributed by atoms with Crippen LogP contribution in [0.3, 0.4) is 0 Å². The Morgan fingerprint density at radius 1 is 1.47 bits per heavy atom. The van der Waals surface area contributed by atoms with Gasteiger partial charge in [0.15, 0.2) is 0 Å². The van der Waals surface area contributed by atoms with Crippen LogP contribution in [0.15, 0.2) is 22.7 Å². The third-order valence-electron chi connectivity index (χ3n) is 4.10. The predicted octanol–water partition coefficient (Wildman–Crippen LogP) is 2.81. The van der Waals surface area contributed by atoms with E-state index in [-0.39, 0.29) is 11.8 Å². The molecule has 3 rings (SSSR count). The minimum absolute atomic E-state index is 0.169. The Labute approximate surface area is 126 Å². The normalized spacial score (nSPS) is 27.2. The van der Waals surface area contributed by atoms with Crippen molar-refractivity contribution in [3.8, 4) is 0 Å². The number of halogens is 2. The van der Waals surface area contributed by atoms with Crippen molar-refractivity contribution in [3.63, 3.8) is 0 Å². The van der Waals surface area contributed by atoms with Gasteiger partial charge in [0, 0.05) is 28.6 Å². The van der Waals surface area contributed by atoms with Crippen LogP contribution in [0.2, 0.25) is 5.02 Å². The van der Waals surface area contributed by atoms with Gasteiger partial charge in [-0.3, -0.25) is 9.69 Å². The third-order valence-corrected chi connectivity index (χ3v) is 4.95. The molecule has 0 aromatic heterocycles. The molecule has 0 saturated carbocycles. The Balaban J connectivity index is 1.77. The zero-order chi connectivity index (χ0) is 13.4. The number of carbonyl (C=O) groups excluding carboxylic acids is 1. The first-order valence-corrected chi connectivity index (χ1v) is 7.78. The van der Waals surface area contributed by atoms with Crippen molar-refractivity contribution in [1.82, 2.24) is 10.2 Å². The maximum atomic E-state index is 11.7. The van der Waals surface area contributed by atoms with Crippen LogP contribution in [0.25, 0.3) is 0 Å². The molecule has 3 nitrogen and oxygen atoms in total. The molecule has 2 aliphatic heterocycles. The molecule has 0 radical (unpaired) electrons. The van der Waals surface area contributed by atoms with Gasteiger partial charge in [0.2, 0.25) is 5.91 Å². The topological polar surface area (TPSA) is 32.3 Å². The molecule has 0 bridgehead atoms. The lowest BCUT2D eigenvalue weighted by Gasteiger charge is -2.36. The fourth-order valence-electron chi connectivity index (χ4n) is 3.11. The van der Waals surface area contributed by atoms with E-state index in [0.717, 1.165) is 47.5 Å². The van der Waals surface area contributed by atoms with E-state index in [1.807, 2.05) is 12.1 Å². The second kappa shape index (κ2) is 5.43. The van der Waals surface area contributed by atoms with E-state index in [1.54, 1.807) is 0 Å². The Bertz CT molecular complexity index is 508. The minimum Gasteiger partial charge on any atom is -0.354 e. The minimum atomic E-state index is 0.169. The van der Waals surface area contributed by atoms with Gasteiger partial charge in [0.05, 0.1) is 5.92 Å². The SMILES string of the molecule is O=C1NCC2C1CCCN2Cc1ccc(Br)cc1Cl. The van der Waals surface area contributed by atoms with Crippen molar-refractivity contribution in [2.75, 3.05) is 13.1 Å². The quantitative estimate of drug-likeness (QED) is 0.895. The van der Waals surface area contributed by atoms with Gasteiger partial charge in [0.1, 0.15) is 0 Å². The average molecular weight is 344 g/mol. The standard InChI is InChI=1S/C14H16BrClN2O/c15-10-4-3-9(12(16)6-10)8-18-5-1-2-11-13(18)7-17-14(11)19/h3-4,6,11,13H,1-2,5,7-8H2,(H,17,19). The summed E-state index contributed by atoms with van der Waals surface area (Å²) in [5.41, 5.74) is 1.13. The van der Waals surface area contributed by atoms with E-state index in [2.05, 4.69) is 32.2 Å². The molecule has 102 valence electrons. The number of hydrogen-bond acceptors (Lipinski definition) is 2. The highest BCUT2D eigenvalue weighted by Gasteiger charge is 2.40. The monoisotopic (exact) mass is 342 g/mol. The summed E-state index contributed by atoms with van der Waals surface area (Å²) in [5, 5.41) is 3.77. The first kappa shape index (κ1) is 13.4. The molecule has 2 aliphatic rings. The first-order valence-electron chi connectivity index (χ1n) is 6.61. The van der Waals surface area contributed by atoms with Crippen molar-refractivity contribution < 1.29 is 4.79 Å². The molecule has 2 fully saturated rings. The summed E-state index contributed by atoms with van der Waals surface area (Å²) in [6.45, 7) is 2.64. The Kier molecular flexibility index (Phi) is 3.83. The number of nitrogens with zero attached hydrogens (tertiary/aromatic N) is 1. The van der Waals surface area contributed by atoms with Crippen molar-refractivity contribution in [2.45, 2.75) is 25.4 Å². The number of benzene rings is 1. The average Bonchev–Trinajstić information content (AvgIpc) is 2.76. The smallest absolute Gasteiger partial charge is 0.224 e. The Hall–Kier alpha value is -0.580. The van der Waals surface area contributed by atoms with Crippen molar-refractivity contribution in [1.29, 1.82) is 0 Å². The lowest BCUT2D eigenvalue weighted by Crippen LogP contribution is -2.44. The number of fused-ring (bicyclic) bond motifs is 1. The van der Waals surface area contributed by atoms with Gasteiger partial charge >= 0.3 is 0 Å². The Morgan fingerprint density at radius 2 is 2.32 bits per heavy atom. The molecule has 0 spiro atoms. The van der Waals surface area contributed by atoms with Gasteiger partial charge in [-0.2, -0.15) is 0 Å². The van der Waals surface area contributed by atoms with Crippen molar-refractivity contribution in [3.05, 3.63) is 33.3 Å². The number of nitrogens with one attached hydrogen (secondary N) is 1. The lowest BCUT2D eigenvalue weighted by atomic mass is 9.91. The van der Waals surface area contributed by atoms with Crippen LogP contribution >= 0.6 is 27.5 Å². The maximum Gasteiger partial charge on any atom is 0.224 e. The number of amides is 1. The highest BCUT2D eigenvalue weighted by atomic mass is 79.9. The molecule has 1 aromatic carbocycles. The second-order valence-electron chi connectivity index (χ2n) is 5.27. The number of likely N-dealkylation sites (tertiary alicyclic amines) is 1. The summed E-state index contributed by atoms with van der Waals surface area (Å²) in [6.07, 6.45) is 2.10. The zero-order valence-electron chi connectivity index (χ0n) is 10.5. The molecule has 2 saturated heterocycles. The van der Waals surface area contributed by atoms with Gasteiger partial charge in [-0.1, -0.05) is 33.6 Å². The van der Waals surface area contributed by atoms with Gasteiger partial charge in [-0.15, -0.1) is 0 Å². The van der Waals surface area contributed by atoms with Gasteiger partial charge in [-0.25, -0.2) is 0 Å². The Morgan fingerprint density at radius 3 is 3.11 bits per heavy atom. The maximum absolute atomic E-state index is 11.7. The van der Waals surface area contributed by atoms with Crippen LogP contribution in [0.5, 0.6) is 0 Å². The summed E-state index contributed by atoms with van der Waals surface area (Å²) in [7, 11) is 0. The van der Waals surface area contributed by atoms with Crippen LogP contribution in [0.1, 0.15) is 18.4 Å². The summed E-state index contributed by atoms with van der Waals surface area (Å²) in [6, 6.07) is 6.33. The fraction of sp³-hybridized carbons (Fsp3) is 0.500. The highest BCUT2D eigenvalue weighted by molar-refractivity contribution is 9.10. The number of piperidine rings is 1. The van der Waals surface area contributed by atoms with E-state index >= 15 is 0 Å². The zero-order valence-corrected chi connectivity index (χ0v) is 12.9. The van der Waals surface area contributed by atoms with Crippen LogP contribution in [-0.4, -0.2) is 29.9 Å². The van der Waals surface area contributed by atoms with Crippen molar-refractivity contribution in [2.24, 2.45) is 5.92 Å². The van der Waals surface area contributed by atoms with E-state index < -0.39 is 0 Å². The molecule has 2 heterocycles. The van der Waals surface area contributed by atoms with E-state index in [9.17, 15) is 4.79 Å². The van der Waals surface area contributed by atoms with Gasteiger partial charge < -0.3 is 5.32 Å². The summed E-state index contributed by atoms with van der Waals surface area (Å²) in [4.78, 5) is 14.1. The van der Waals surface area contributed by atoms with Gasteiger partial charge in [0.25, 0.3) is 0 Å². The number of carbonyl (C=O) groups is 1. The molecule has 1 aromatic rings. The largest absolute Gasteiger partial charge is 0.354 e. The van der Waals surface area contributed by atoms with Crippen LogP contribution in [-0.2, 0) is 11.3 Å². The molecule has 19 heavy (non-hydrogen) atoms. The molecule has 0 aliphatic carbocycles. The predicted molar refractivity (Wildman–Crippen MR) is 79.1 cm³/mol. The fourth-order valence-corrected chi connectivity index (χ4v) is 3.84. The van der Waals surface area contributed by atoms with Crippen molar-refractivity contribution >= 4 is 33.4 Å². The molecule has 1 amide bonds. The highest BCUT2D eigenvalue weighted by Crippen LogP contribution is 2.30. The molecule has 5 heteroatoms. The summed E-state index contributed by atoms with van der Waals surface area (Å²) in [5.74, 6) is 0.388. The third kappa shape index (κ3) is 2.67. The second-order valence-corrected chi connectivity index (χ2v) is 6.59. The summed E-state index contributed by atoms with van der Waals surface area (Å²) < 4.78 is 0.996. The lowest BCUT2D eigenvalue weighted by molar-refractivity contribution is -0.124. The molecular weight excluding hydrogens is 328 g/mol. The molecule has 1 N–H and O–H groups in total. The van der Waals surface area contributed by atoms with Gasteiger partial charge in [-0.05, 0) is 37.1 Å². The van der Waals surface area contributed by atoms with E-state index in [4.69, 9.17) is 11.6 Å². The van der Waals surface area contributed by atoms with Crippen LogP contribution in [0.4, 0.5) is 0 Å². The van der Waals surface area contributed by atoms with E-state index in [1.165, 1.54) is 0 Å². The number of hydrogen-bond donors (Lipinski definition) is 1. The molecular formula is C14H16BrClN2O. The molecule has 2 unspecified atom stereocenters. The van der Waals surface area contributed by atoms with Crippen LogP contribution in [0, 0.1) is 5.92 Å². The van der Waals surface area contributed by atoms with E-state index in [0.29, 0.717) is 6.04 Å². The molecule has 2 atom stereocenters. The van der Waals surface area contributed by atoms with Crippen LogP contribution < -0.4 is 5.32 Å². The summed E-state index contributed by atoms with van der Waals surface area (Å²) >= 11 is 9.70. The first-order chi connectivity index (χ1) is 9.15.